The van der Waals surface area contributed by atoms with Crippen LogP contribution in [0.1, 0.15) is 35.6 Å². The number of amides is 2. The van der Waals surface area contributed by atoms with E-state index >= 15 is 0 Å². The Kier molecular flexibility index (Phi) is 6.19. The molecule has 0 spiro atoms. The predicted octanol–water partition coefficient (Wildman–Crippen LogP) is 4.42. The minimum atomic E-state index is -0.475. The second-order valence-corrected chi connectivity index (χ2v) is 8.16. The van der Waals surface area contributed by atoms with Crippen LogP contribution >= 0.6 is 11.8 Å². The lowest BCUT2D eigenvalue weighted by molar-refractivity contribution is -0.122. The van der Waals surface area contributed by atoms with Crippen molar-refractivity contribution in [3.8, 4) is 0 Å². The number of anilines is 1. The lowest BCUT2D eigenvalue weighted by Crippen LogP contribution is -2.28. The molecule has 0 bridgehead atoms. The first-order valence-electron chi connectivity index (χ1n) is 9.39. The van der Waals surface area contributed by atoms with Gasteiger partial charge in [0.25, 0.3) is 0 Å². The zero-order valence-corrected chi connectivity index (χ0v) is 17.4. The predicted molar refractivity (Wildman–Crippen MR) is 116 cm³/mol. The third-order valence-electron chi connectivity index (χ3n) is 4.81. The number of nitrogens with one attached hydrogen (secondary N) is 2. The second kappa shape index (κ2) is 8.61. The maximum atomic E-state index is 12.5. The molecule has 146 valence electrons. The molecule has 1 heterocycles. The van der Waals surface area contributed by atoms with Gasteiger partial charge in [0.1, 0.15) is 5.25 Å². The molecule has 1 aliphatic rings. The summed E-state index contributed by atoms with van der Waals surface area (Å²) < 4.78 is 0. The molecule has 2 amide bonds. The van der Waals surface area contributed by atoms with Crippen molar-refractivity contribution in [2.75, 3.05) is 5.32 Å². The minimum Gasteiger partial charge on any atom is -0.326 e. The van der Waals surface area contributed by atoms with Gasteiger partial charge in [-0.25, -0.2) is 4.99 Å². The zero-order valence-electron chi connectivity index (χ0n) is 16.6. The van der Waals surface area contributed by atoms with E-state index in [1.54, 1.807) is 0 Å². The Labute approximate surface area is 170 Å². The summed E-state index contributed by atoms with van der Waals surface area (Å²) in [6.45, 7) is 8.00. The Morgan fingerprint density at radius 2 is 1.75 bits per heavy atom. The van der Waals surface area contributed by atoms with Crippen molar-refractivity contribution in [2.45, 2.75) is 45.8 Å². The van der Waals surface area contributed by atoms with E-state index in [4.69, 9.17) is 0 Å². The molecule has 5 nitrogen and oxygen atoms in total. The number of thioether (sulfide) groups is 1. The summed E-state index contributed by atoms with van der Waals surface area (Å²) >= 11 is 1.32. The molecule has 28 heavy (non-hydrogen) atoms. The van der Waals surface area contributed by atoms with Crippen LogP contribution in [0.2, 0.25) is 0 Å². The van der Waals surface area contributed by atoms with Gasteiger partial charge >= 0.3 is 0 Å². The number of carbonyl (C=O) groups excluding carboxylic acids is 2. The molecule has 0 radical (unpaired) electrons. The van der Waals surface area contributed by atoms with Crippen LogP contribution < -0.4 is 10.6 Å². The largest absolute Gasteiger partial charge is 0.326 e. The third kappa shape index (κ3) is 4.44. The average Bonchev–Trinajstić information content (AvgIpc) is 2.99. The molecule has 1 fully saturated rings. The number of carbonyl (C=O) groups is 2. The number of benzene rings is 2. The summed E-state index contributed by atoms with van der Waals surface area (Å²) in [4.78, 5) is 29.5. The van der Waals surface area contributed by atoms with Gasteiger partial charge in [-0.05, 0) is 49.4 Å². The van der Waals surface area contributed by atoms with Gasteiger partial charge in [0, 0.05) is 12.1 Å². The average molecular weight is 396 g/mol. The number of amidine groups is 1. The van der Waals surface area contributed by atoms with Gasteiger partial charge in [0.2, 0.25) is 11.8 Å². The number of aryl methyl sites for hydroxylation is 4. The van der Waals surface area contributed by atoms with E-state index in [0.717, 1.165) is 40.0 Å². The van der Waals surface area contributed by atoms with Crippen molar-refractivity contribution in [3.63, 3.8) is 0 Å². The van der Waals surface area contributed by atoms with E-state index in [-0.39, 0.29) is 18.2 Å². The lowest BCUT2D eigenvalue weighted by Gasteiger charge is -2.12. The fourth-order valence-electron chi connectivity index (χ4n) is 3.23. The van der Waals surface area contributed by atoms with E-state index < -0.39 is 5.25 Å². The molecule has 1 atom stereocenters. The van der Waals surface area contributed by atoms with Crippen LogP contribution in [0, 0.1) is 20.8 Å². The molecular weight excluding hydrogens is 370 g/mol. The number of nitrogens with zero attached hydrogens (tertiary/aromatic N) is 1. The molecule has 0 aromatic heterocycles. The Morgan fingerprint density at radius 1 is 1.11 bits per heavy atom. The van der Waals surface area contributed by atoms with Crippen molar-refractivity contribution < 1.29 is 9.59 Å². The standard InChI is InChI=1S/C22H25N3O2S/c1-5-16-11-7-10-15(4)20(16)24-22-25-21(27)17(28-22)12-18(26)23-19-13(2)8-6-9-14(19)3/h6-11,17H,5,12H2,1-4H3,(H,23,26)(H,24,25,27)/t17-/m0/s1. The molecule has 0 unspecified atom stereocenters. The summed E-state index contributed by atoms with van der Waals surface area (Å²) in [5.41, 5.74) is 5.93. The fraction of sp³-hybridized carbons (Fsp3) is 0.318. The molecule has 3 rings (SSSR count). The Balaban J connectivity index is 1.71. The molecule has 1 aliphatic heterocycles. The lowest BCUT2D eigenvalue weighted by atomic mass is 10.1. The van der Waals surface area contributed by atoms with Gasteiger partial charge in [-0.2, -0.15) is 0 Å². The molecule has 0 aliphatic carbocycles. The Hall–Kier alpha value is -2.60. The maximum Gasteiger partial charge on any atom is 0.240 e. The smallest absolute Gasteiger partial charge is 0.240 e. The van der Waals surface area contributed by atoms with Crippen LogP contribution in [0.15, 0.2) is 41.4 Å². The van der Waals surface area contributed by atoms with Gasteiger partial charge in [-0.1, -0.05) is 55.1 Å². The summed E-state index contributed by atoms with van der Waals surface area (Å²) in [7, 11) is 0. The van der Waals surface area contributed by atoms with Crippen molar-refractivity contribution in [1.82, 2.24) is 5.32 Å². The number of para-hydroxylation sites is 2. The first-order chi connectivity index (χ1) is 13.4. The van der Waals surface area contributed by atoms with Crippen LogP contribution in [0.4, 0.5) is 11.4 Å². The number of aliphatic imine (C=N–C) groups is 1. The zero-order chi connectivity index (χ0) is 20.3. The van der Waals surface area contributed by atoms with Crippen LogP contribution in [0.3, 0.4) is 0 Å². The first-order valence-corrected chi connectivity index (χ1v) is 10.3. The van der Waals surface area contributed by atoms with Gasteiger partial charge in [-0.15, -0.1) is 0 Å². The highest BCUT2D eigenvalue weighted by Gasteiger charge is 2.32. The van der Waals surface area contributed by atoms with Crippen LogP contribution in [0.25, 0.3) is 0 Å². The monoisotopic (exact) mass is 395 g/mol. The quantitative estimate of drug-likeness (QED) is 0.787. The number of rotatable bonds is 5. The van der Waals surface area contributed by atoms with Crippen LogP contribution in [-0.2, 0) is 16.0 Å². The number of hydrogen-bond acceptors (Lipinski definition) is 4. The van der Waals surface area contributed by atoms with Gasteiger partial charge in [-0.3, -0.25) is 9.59 Å². The summed E-state index contributed by atoms with van der Waals surface area (Å²) in [5, 5.41) is 5.84. The second-order valence-electron chi connectivity index (χ2n) is 6.97. The van der Waals surface area contributed by atoms with Gasteiger partial charge < -0.3 is 10.6 Å². The van der Waals surface area contributed by atoms with Gasteiger partial charge in [0.05, 0.1) is 5.69 Å². The maximum absolute atomic E-state index is 12.5. The molecule has 1 saturated heterocycles. The van der Waals surface area contributed by atoms with E-state index in [1.807, 2.05) is 57.2 Å². The third-order valence-corrected chi connectivity index (χ3v) is 5.89. The molecule has 0 saturated carbocycles. The van der Waals surface area contributed by atoms with Crippen molar-refractivity contribution in [2.24, 2.45) is 4.99 Å². The fourth-order valence-corrected chi connectivity index (χ4v) is 4.20. The normalized spacial score (nSPS) is 17.6. The number of hydrogen-bond donors (Lipinski definition) is 2. The van der Waals surface area contributed by atoms with Crippen molar-refractivity contribution >= 4 is 40.1 Å². The molecule has 6 heteroatoms. The van der Waals surface area contributed by atoms with E-state index in [2.05, 4.69) is 22.5 Å². The SMILES string of the molecule is CCc1cccc(C)c1N=C1NC(=O)[C@H](CC(=O)Nc2c(C)cccc2C)S1. The molecule has 2 N–H and O–H groups in total. The van der Waals surface area contributed by atoms with E-state index in [1.165, 1.54) is 11.8 Å². The van der Waals surface area contributed by atoms with Crippen LogP contribution in [-0.4, -0.2) is 22.2 Å². The summed E-state index contributed by atoms with van der Waals surface area (Å²) in [6.07, 6.45) is 0.978. The highest BCUT2D eigenvalue weighted by atomic mass is 32.2. The highest BCUT2D eigenvalue weighted by molar-refractivity contribution is 8.15. The molecular formula is C22H25N3O2S. The van der Waals surface area contributed by atoms with E-state index in [9.17, 15) is 9.59 Å². The van der Waals surface area contributed by atoms with Crippen molar-refractivity contribution in [3.05, 3.63) is 58.7 Å². The molecule has 2 aromatic rings. The van der Waals surface area contributed by atoms with E-state index in [0.29, 0.717) is 5.17 Å². The Bertz CT molecular complexity index is 933. The Morgan fingerprint density at radius 3 is 2.43 bits per heavy atom. The molecule has 2 aromatic carbocycles. The summed E-state index contributed by atoms with van der Waals surface area (Å²) in [6, 6.07) is 11.9. The highest BCUT2D eigenvalue weighted by Crippen LogP contribution is 2.30. The topological polar surface area (TPSA) is 70.6 Å². The minimum absolute atomic E-state index is 0.109. The summed E-state index contributed by atoms with van der Waals surface area (Å²) in [5.74, 6) is -0.344. The first kappa shape index (κ1) is 20.1. The van der Waals surface area contributed by atoms with Gasteiger partial charge in [0.15, 0.2) is 5.17 Å². The van der Waals surface area contributed by atoms with Crippen LogP contribution in [0.5, 0.6) is 0 Å². The van der Waals surface area contributed by atoms with Crippen molar-refractivity contribution in [1.29, 1.82) is 0 Å².